The molecule has 1 radical (unpaired) electrons. The van der Waals surface area contributed by atoms with Crippen molar-refractivity contribution in [1.82, 2.24) is 20.3 Å². The summed E-state index contributed by atoms with van der Waals surface area (Å²) in [7, 11) is -3.98. The molecule has 11 nitrogen and oxygen atoms in total. The van der Waals surface area contributed by atoms with Crippen LogP contribution in [-0.2, 0) is 29.1 Å². The number of halogens is 3. The highest BCUT2D eigenvalue weighted by Crippen LogP contribution is 2.47. The van der Waals surface area contributed by atoms with Crippen LogP contribution in [0.1, 0.15) is 79.6 Å². The highest BCUT2D eigenvalue weighted by molar-refractivity contribution is 7.91. The van der Waals surface area contributed by atoms with Gasteiger partial charge in [0.1, 0.15) is 17.6 Å². The van der Waals surface area contributed by atoms with Gasteiger partial charge in [0, 0.05) is 12.5 Å². The van der Waals surface area contributed by atoms with Crippen molar-refractivity contribution in [2.45, 2.75) is 114 Å². The molecule has 3 fully saturated rings. The zero-order chi connectivity index (χ0) is 32.9. The summed E-state index contributed by atoms with van der Waals surface area (Å²) < 4.78 is 71.6. The van der Waals surface area contributed by atoms with Gasteiger partial charge in [-0.25, -0.2) is 13.2 Å². The van der Waals surface area contributed by atoms with E-state index in [1.54, 1.807) is 26.3 Å². The van der Waals surface area contributed by atoms with E-state index in [4.69, 9.17) is 0 Å². The molecule has 1 saturated heterocycles. The number of alkyl carbamates (subject to hydrolysis) is 1. The van der Waals surface area contributed by atoms with E-state index >= 15 is 0 Å². The van der Waals surface area contributed by atoms with Crippen LogP contribution >= 0.6 is 0 Å². The van der Waals surface area contributed by atoms with Gasteiger partial charge in [0.2, 0.25) is 27.4 Å². The van der Waals surface area contributed by atoms with Gasteiger partial charge < -0.3 is 20.3 Å². The van der Waals surface area contributed by atoms with Crippen LogP contribution in [0.25, 0.3) is 0 Å². The molecule has 3 N–H and O–H groups in total. The molecular weight excluding hydrogens is 605 g/mol. The minimum Gasteiger partial charge on any atom is -0.434 e. The number of alkyl halides is 3. The quantitative estimate of drug-likeness (QED) is 0.388. The molecule has 0 unspecified atom stereocenters. The standard InChI is InChI=1S/C29H42F3N4O7S/c1-17-9-6-7-10-19-16-28(19,24(39)35-44(41,42)27(5)12-13-27)34-22(37)20-11-8-14-36(20)23(38)21(18(2)15-17)33-25(40)43-26(3,4)29(30,31)32/h7-8,10,17-21H,6,9,11-16H2,1-5H3,(H,33,40)(H,34,37)(H,35,39)/b10-7-/t17-,18+,19+,20-,21-,28+/m0/s1. The maximum atomic E-state index is 13.9. The fourth-order valence-corrected chi connectivity index (χ4v) is 7.10. The molecule has 2 aliphatic carbocycles. The van der Waals surface area contributed by atoms with Crippen molar-refractivity contribution in [3.63, 3.8) is 0 Å². The maximum absolute atomic E-state index is 13.9. The summed E-state index contributed by atoms with van der Waals surface area (Å²) in [4.78, 5) is 54.9. The molecule has 15 heteroatoms. The predicted octanol–water partition coefficient (Wildman–Crippen LogP) is 3.11. The van der Waals surface area contributed by atoms with E-state index in [-0.39, 0.29) is 25.3 Å². The Hall–Kier alpha value is -2.84. The number of nitrogens with zero attached hydrogens (tertiary/aromatic N) is 1. The average molecular weight is 648 g/mol. The summed E-state index contributed by atoms with van der Waals surface area (Å²) in [6.07, 6.45) is 1.90. The SMILES string of the molecule is C[C@H]1CC/C=C\[C@@H]2C[C@@]2(C(=O)NS(=O)(=O)C2(C)CC2)NC(=O)[C@@H]2C[CH]CN2C(=O)[C@@H](NC(=O)OC(C)(C)C(F)(F)F)[C@H](C)C1. The van der Waals surface area contributed by atoms with E-state index < -0.39 is 79.8 Å². The Morgan fingerprint density at radius 3 is 2.43 bits per heavy atom. The molecule has 0 aromatic carbocycles. The first kappa shape index (κ1) is 34.0. The second kappa shape index (κ2) is 11.8. The number of carbonyl (C=O) groups is 4. The van der Waals surface area contributed by atoms with Gasteiger partial charge in [-0.1, -0.05) is 26.0 Å². The van der Waals surface area contributed by atoms with E-state index in [0.717, 1.165) is 0 Å². The Morgan fingerprint density at radius 2 is 1.82 bits per heavy atom. The Bertz CT molecular complexity index is 1310. The normalized spacial score (nSPS) is 33.5. The first-order chi connectivity index (χ1) is 20.2. The van der Waals surface area contributed by atoms with Crippen LogP contribution in [0, 0.1) is 24.2 Å². The number of allylic oxidation sites excluding steroid dienone is 1. The Balaban J connectivity index is 1.60. The van der Waals surface area contributed by atoms with E-state index in [0.29, 0.717) is 46.0 Å². The molecule has 0 spiro atoms. The third kappa shape index (κ3) is 6.86. The van der Waals surface area contributed by atoms with Crippen molar-refractivity contribution in [2.24, 2.45) is 17.8 Å². The smallest absolute Gasteiger partial charge is 0.427 e. The van der Waals surface area contributed by atoms with E-state index in [2.05, 4.69) is 20.1 Å². The summed E-state index contributed by atoms with van der Waals surface area (Å²) in [6, 6.07) is -2.39. The molecule has 0 aromatic rings. The predicted molar refractivity (Wildman–Crippen MR) is 153 cm³/mol. The minimum absolute atomic E-state index is 0.0235. The fourth-order valence-electron chi connectivity index (χ4n) is 5.79. The second-order valence-electron chi connectivity index (χ2n) is 13.5. The molecule has 4 aliphatic rings. The third-order valence-corrected chi connectivity index (χ3v) is 11.5. The van der Waals surface area contributed by atoms with Gasteiger partial charge in [-0.2, -0.15) is 13.2 Å². The van der Waals surface area contributed by atoms with Gasteiger partial charge in [0.25, 0.3) is 5.91 Å². The highest BCUT2D eigenvalue weighted by Gasteiger charge is 2.63. The molecular formula is C29H42F3N4O7S. The van der Waals surface area contributed by atoms with E-state index in [1.807, 2.05) is 13.0 Å². The molecule has 2 saturated carbocycles. The summed E-state index contributed by atoms with van der Waals surface area (Å²) in [5, 5.41) is 5.06. The minimum atomic E-state index is -4.85. The lowest BCUT2D eigenvalue weighted by Crippen LogP contribution is -2.59. The topological polar surface area (TPSA) is 151 Å². The number of hydrogen-bond acceptors (Lipinski definition) is 7. The molecule has 44 heavy (non-hydrogen) atoms. The van der Waals surface area contributed by atoms with Crippen LogP contribution in [0.2, 0.25) is 0 Å². The van der Waals surface area contributed by atoms with E-state index in [1.165, 1.54) is 4.90 Å². The highest BCUT2D eigenvalue weighted by atomic mass is 32.2. The van der Waals surface area contributed by atoms with Gasteiger partial charge >= 0.3 is 12.3 Å². The number of hydrogen-bond donors (Lipinski definition) is 3. The van der Waals surface area contributed by atoms with Gasteiger partial charge in [-0.15, -0.1) is 0 Å². The third-order valence-electron chi connectivity index (χ3n) is 9.38. The monoisotopic (exact) mass is 647 g/mol. The lowest BCUT2D eigenvalue weighted by molar-refractivity contribution is -0.244. The van der Waals surface area contributed by atoms with Gasteiger partial charge in [0.05, 0.1) is 4.75 Å². The summed E-state index contributed by atoms with van der Waals surface area (Å²) in [6.45, 7) is 6.62. The molecule has 4 rings (SSSR count). The fraction of sp³-hybridized carbons (Fsp3) is 0.759. The van der Waals surface area contributed by atoms with Crippen LogP contribution in [0.15, 0.2) is 12.2 Å². The van der Waals surface area contributed by atoms with Crippen molar-refractivity contribution in [3.05, 3.63) is 18.6 Å². The number of fused-ring (bicyclic) bond motifs is 2. The van der Waals surface area contributed by atoms with E-state index in [9.17, 15) is 40.8 Å². The first-order valence-electron chi connectivity index (χ1n) is 15.0. The lowest BCUT2D eigenvalue weighted by Gasteiger charge is -2.34. The molecule has 0 aromatic heterocycles. The number of ether oxygens (including phenoxy) is 1. The van der Waals surface area contributed by atoms with Gasteiger partial charge in [0.15, 0.2) is 0 Å². The Morgan fingerprint density at radius 1 is 1.16 bits per heavy atom. The molecule has 247 valence electrons. The average Bonchev–Trinajstić information content (AvgIpc) is 3.75. The van der Waals surface area contributed by atoms with Crippen LogP contribution in [0.4, 0.5) is 18.0 Å². The summed E-state index contributed by atoms with van der Waals surface area (Å²) in [5.74, 6) is -3.14. The molecule has 6 atom stereocenters. The zero-order valence-corrected chi connectivity index (χ0v) is 26.4. The molecule has 0 bridgehead atoms. The molecule has 2 heterocycles. The lowest BCUT2D eigenvalue weighted by atomic mass is 9.88. The van der Waals surface area contributed by atoms with Crippen molar-refractivity contribution < 1.29 is 45.5 Å². The van der Waals surface area contributed by atoms with Crippen molar-refractivity contribution in [2.75, 3.05) is 6.54 Å². The zero-order valence-electron chi connectivity index (χ0n) is 25.6. The Labute approximate surface area is 256 Å². The first-order valence-corrected chi connectivity index (χ1v) is 16.5. The molecule has 4 amide bonds. The van der Waals surface area contributed by atoms with Gasteiger partial charge in [-0.3, -0.25) is 19.1 Å². The number of sulfonamides is 1. The largest absolute Gasteiger partial charge is 0.434 e. The van der Waals surface area contributed by atoms with Crippen LogP contribution in [-0.4, -0.2) is 77.8 Å². The Kier molecular flexibility index (Phi) is 9.15. The summed E-state index contributed by atoms with van der Waals surface area (Å²) >= 11 is 0. The molecule has 2 aliphatic heterocycles. The number of carbonyl (C=O) groups excluding carboxylic acids is 4. The van der Waals surface area contributed by atoms with Crippen LogP contribution < -0.4 is 15.4 Å². The van der Waals surface area contributed by atoms with Crippen molar-refractivity contribution in [3.8, 4) is 0 Å². The maximum Gasteiger partial charge on any atom is 0.427 e. The number of rotatable bonds is 5. The van der Waals surface area contributed by atoms with Crippen LogP contribution in [0.5, 0.6) is 0 Å². The van der Waals surface area contributed by atoms with Crippen molar-refractivity contribution in [1.29, 1.82) is 0 Å². The summed E-state index contributed by atoms with van der Waals surface area (Å²) in [5.41, 5.74) is -4.33. The second-order valence-corrected chi connectivity index (χ2v) is 15.7. The number of nitrogens with one attached hydrogen (secondary N) is 3. The van der Waals surface area contributed by atoms with Crippen LogP contribution in [0.3, 0.4) is 0 Å². The van der Waals surface area contributed by atoms with Crippen molar-refractivity contribution >= 4 is 33.8 Å². The number of amides is 4. The van der Waals surface area contributed by atoms with Gasteiger partial charge in [-0.05, 0) is 84.0 Å².